The Labute approximate surface area is 106 Å². The second-order valence-corrected chi connectivity index (χ2v) is 4.57. The van der Waals surface area contributed by atoms with Crippen molar-refractivity contribution in [2.24, 2.45) is 0 Å². The number of hydrogen-bond acceptors (Lipinski definition) is 3. The maximum absolute atomic E-state index is 9.20. The highest BCUT2D eigenvalue weighted by Crippen LogP contribution is 2.21. The zero-order chi connectivity index (χ0) is 12.4. The zero-order valence-corrected chi connectivity index (χ0v) is 10.0. The monoisotopic (exact) mass is 238 g/mol. The first-order chi connectivity index (χ1) is 8.86. The average molecular weight is 238 g/mol. The van der Waals surface area contributed by atoms with Gasteiger partial charge in [-0.3, -0.25) is 4.90 Å². The molecular weight excluding hydrogens is 224 g/mol. The molecule has 1 aliphatic rings. The van der Waals surface area contributed by atoms with Crippen LogP contribution in [0.2, 0.25) is 0 Å². The summed E-state index contributed by atoms with van der Waals surface area (Å²) in [5.41, 5.74) is 2.39. The van der Waals surface area contributed by atoms with Gasteiger partial charge in [-0.1, -0.05) is 30.3 Å². The fourth-order valence-corrected chi connectivity index (χ4v) is 2.42. The molecule has 0 fully saturated rings. The van der Waals surface area contributed by atoms with E-state index < -0.39 is 0 Å². The second-order valence-electron chi connectivity index (χ2n) is 4.57. The Morgan fingerprint density at radius 3 is 2.89 bits per heavy atom. The van der Waals surface area contributed by atoms with E-state index in [4.69, 9.17) is 0 Å². The van der Waals surface area contributed by atoms with E-state index in [0.717, 1.165) is 25.3 Å². The van der Waals surface area contributed by atoms with Crippen molar-refractivity contribution in [3.8, 4) is 6.07 Å². The topological polar surface area (TPSA) is 44.9 Å². The first-order valence-corrected chi connectivity index (χ1v) is 6.05. The molecule has 1 atom stereocenters. The maximum atomic E-state index is 9.20. The molecule has 1 unspecified atom stereocenters. The van der Waals surface area contributed by atoms with Crippen LogP contribution in [0.25, 0.3) is 0 Å². The SMILES string of the molecule is N#CC1CN(Cc2ccccc2)Cc2ccnn21. The molecule has 2 heterocycles. The van der Waals surface area contributed by atoms with Crippen LogP contribution in [0.15, 0.2) is 42.6 Å². The molecule has 0 radical (unpaired) electrons. The largest absolute Gasteiger partial charge is 0.290 e. The lowest BCUT2D eigenvalue weighted by atomic mass is 10.1. The summed E-state index contributed by atoms with van der Waals surface area (Å²) < 4.78 is 1.83. The summed E-state index contributed by atoms with van der Waals surface area (Å²) in [5.74, 6) is 0. The van der Waals surface area contributed by atoms with Crippen LogP contribution in [0.4, 0.5) is 0 Å². The lowest BCUT2D eigenvalue weighted by molar-refractivity contribution is 0.189. The summed E-state index contributed by atoms with van der Waals surface area (Å²) in [5, 5.41) is 13.4. The molecule has 90 valence electrons. The molecule has 2 aromatic rings. The van der Waals surface area contributed by atoms with Gasteiger partial charge in [0.05, 0.1) is 11.8 Å². The standard InChI is InChI=1S/C14H14N4/c15-8-14-11-17(9-12-4-2-1-3-5-12)10-13-6-7-16-18(13)14/h1-7,14H,9-11H2. The number of aromatic nitrogens is 2. The van der Waals surface area contributed by atoms with Gasteiger partial charge in [-0.15, -0.1) is 0 Å². The van der Waals surface area contributed by atoms with E-state index >= 15 is 0 Å². The van der Waals surface area contributed by atoms with Crippen molar-refractivity contribution in [1.29, 1.82) is 5.26 Å². The van der Waals surface area contributed by atoms with Crippen LogP contribution in [0, 0.1) is 11.3 Å². The molecule has 4 heteroatoms. The quantitative estimate of drug-likeness (QED) is 0.803. The van der Waals surface area contributed by atoms with Gasteiger partial charge in [0.25, 0.3) is 0 Å². The number of fused-ring (bicyclic) bond motifs is 1. The fraction of sp³-hybridized carbons (Fsp3) is 0.286. The molecule has 3 rings (SSSR count). The number of nitrogens with zero attached hydrogens (tertiary/aromatic N) is 4. The summed E-state index contributed by atoms with van der Waals surface area (Å²) in [4.78, 5) is 2.29. The molecule has 0 saturated carbocycles. The number of hydrogen-bond donors (Lipinski definition) is 0. The van der Waals surface area contributed by atoms with E-state index in [1.54, 1.807) is 6.20 Å². The van der Waals surface area contributed by atoms with Gasteiger partial charge >= 0.3 is 0 Å². The van der Waals surface area contributed by atoms with Gasteiger partial charge in [0.2, 0.25) is 0 Å². The molecule has 0 saturated heterocycles. The van der Waals surface area contributed by atoms with Crippen molar-refractivity contribution in [3.05, 3.63) is 53.9 Å². The molecule has 0 amide bonds. The average Bonchev–Trinajstić information content (AvgIpc) is 2.87. The van der Waals surface area contributed by atoms with Gasteiger partial charge in [0, 0.05) is 25.8 Å². The van der Waals surface area contributed by atoms with Gasteiger partial charge in [0.1, 0.15) is 0 Å². The van der Waals surface area contributed by atoms with Crippen molar-refractivity contribution in [2.75, 3.05) is 6.54 Å². The lowest BCUT2D eigenvalue weighted by Crippen LogP contribution is -2.36. The molecular formula is C14H14N4. The summed E-state index contributed by atoms with van der Waals surface area (Å²) in [6.45, 7) is 2.47. The highest BCUT2D eigenvalue weighted by molar-refractivity contribution is 5.16. The number of nitriles is 1. The van der Waals surface area contributed by atoms with E-state index in [2.05, 4.69) is 28.2 Å². The third-order valence-electron chi connectivity index (χ3n) is 3.26. The molecule has 0 spiro atoms. The molecule has 0 aliphatic carbocycles. The molecule has 1 aliphatic heterocycles. The van der Waals surface area contributed by atoms with Crippen molar-refractivity contribution < 1.29 is 0 Å². The third kappa shape index (κ3) is 2.01. The van der Waals surface area contributed by atoms with Crippen molar-refractivity contribution in [2.45, 2.75) is 19.1 Å². The van der Waals surface area contributed by atoms with E-state index in [9.17, 15) is 5.26 Å². The Morgan fingerprint density at radius 1 is 1.28 bits per heavy atom. The first kappa shape index (κ1) is 11.0. The minimum absolute atomic E-state index is 0.174. The van der Waals surface area contributed by atoms with E-state index in [0.29, 0.717) is 0 Å². The molecule has 1 aromatic carbocycles. The lowest BCUT2D eigenvalue weighted by Gasteiger charge is -2.30. The van der Waals surface area contributed by atoms with Crippen LogP contribution in [-0.4, -0.2) is 21.2 Å². The predicted octanol–water partition coefficient (Wildman–Crippen LogP) is 1.96. The van der Waals surface area contributed by atoms with Crippen molar-refractivity contribution in [1.82, 2.24) is 14.7 Å². The van der Waals surface area contributed by atoms with E-state index in [-0.39, 0.29) is 6.04 Å². The molecule has 1 aromatic heterocycles. The van der Waals surface area contributed by atoms with Crippen LogP contribution in [0.3, 0.4) is 0 Å². The maximum Gasteiger partial charge on any atom is 0.151 e. The number of rotatable bonds is 2. The van der Waals surface area contributed by atoms with Crippen molar-refractivity contribution in [3.63, 3.8) is 0 Å². The van der Waals surface area contributed by atoms with Gasteiger partial charge in [-0.25, -0.2) is 4.68 Å². The van der Waals surface area contributed by atoms with Crippen LogP contribution in [-0.2, 0) is 13.1 Å². The second kappa shape index (κ2) is 4.63. The Morgan fingerprint density at radius 2 is 2.11 bits per heavy atom. The predicted molar refractivity (Wildman–Crippen MR) is 67.4 cm³/mol. The summed E-state index contributed by atoms with van der Waals surface area (Å²) in [6, 6.07) is 14.5. The summed E-state index contributed by atoms with van der Waals surface area (Å²) >= 11 is 0. The highest BCUT2D eigenvalue weighted by atomic mass is 15.4. The Hall–Kier alpha value is -2.12. The molecule has 4 nitrogen and oxygen atoms in total. The van der Waals surface area contributed by atoms with Gasteiger partial charge in [-0.2, -0.15) is 10.4 Å². The number of benzene rings is 1. The summed E-state index contributed by atoms with van der Waals surface area (Å²) in [7, 11) is 0. The van der Waals surface area contributed by atoms with Crippen LogP contribution in [0.5, 0.6) is 0 Å². The van der Waals surface area contributed by atoms with Gasteiger partial charge < -0.3 is 0 Å². The third-order valence-corrected chi connectivity index (χ3v) is 3.26. The normalized spacial score (nSPS) is 19.2. The smallest absolute Gasteiger partial charge is 0.151 e. The van der Waals surface area contributed by atoms with Gasteiger partial charge in [-0.05, 0) is 11.6 Å². The summed E-state index contributed by atoms with van der Waals surface area (Å²) in [6.07, 6.45) is 1.77. The van der Waals surface area contributed by atoms with Crippen LogP contribution < -0.4 is 0 Å². The molecule has 0 bridgehead atoms. The molecule has 18 heavy (non-hydrogen) atoms. The fourth-order valence-electron chi connectivity index (χ4n) is 2.42. The highest BCUT2D eigenvalue weighted by Gasteiger charge is 2.24. The minimum Gasteiger partial charge on any atom is -0.290 e. The van der Waals surface area contributed by atoms with Gasteiger partial charge in [0.15, 0.2) is 6.04 Å². The van der Waals surface area contributed by atoms with E-state index in [1.807, 2.05) is 28.9 Å². The van der Waals surface area contributed by atoms with E-state index in [1.165, 1.54) is 5.56 Å². The minimum atomic E-state index is -0.174. The first-order valence-electron chi connectivity index (χ1n) is 6.05. The van der Waals surface area contributed by atoms with Crippen LogP contribution in [0.1, 0.15) is 17.3 Å². The van der Waals surface area contributed by atoms with Crippen molar-refractivity contribution >= 4 is 0 Å². The van der Waals surface area contributed by atoms with Crippen LogP contribution >= 0.6 is 0 Å². The zero-order valence-electron chi connectivity index (χ0n) is 10.0. The Balaban J connectivity index is 1.79. The Bertz CT molecular complexity index is 567. The molecule has 0 N–H and O–H groups in total. The Kier molecular flexibility index (Phi) is 2.83.